The average Bonchev–Trinajstić information content (AvgIpc) is 2.20. The lowest BCUT2D eigenvalue weighted by Crippen LogP contribution is -2.25. The number of carbonyl (C=O) groups excluding carboxylic acids is 1. The molecule has 0 fully saturated rings. The van der Waals surface area contributed by atoms with Gasteiger partial charge in [-0.2, -0.15) is 0 Å². The topological polar surface area (TPSA) is 35.5 Å². The molecule has 5 heteroatoms. The van der Waals surface area contributed by atoms with Crippen molar-refractivity contribution in [2.75, 3.05) is 7.11 Å². The van der Waals surface area contributed by atoms with Crippen molar-refractivity contribution in [2.24, 2.45) is 0 Å². The second kappa shape index (κ2) is 5.69. The van der Waals surface area contributed by atoms with Crippen molar-refractivity contribution in [1.82, 2.24) is 0 Å². The van der Waals surface area contributed by atoms with Gasteiger partial charge in [0, 0.05) is 4.47 Å². The molecular formula is C10H10BrIO3. The number of carbonyl (C=O) groups is 1. The van der Waals surface area contributed by atoms with Crippen molar-refractivity contribution in [3.8, 4) is 5.75 Å². The summed E-state index contributed by atoms with van der Waals surface area (Å²) in [6.07, 6.45) is -0.593. The summed E-state index contributed by atoms with van der Waals surface area (Å²) in [7, 11) is 1.34. The molecule has 0 aliphatic rings. The maximum atomic E-state index is 11.1. The number of esters is 1. The lowest BCUT2D eigenvalue weighted by molar-refractivity contribution is -0.147. The zero-order chi connectivity index (χ0) is 11.4. The number of hydrogen-bond donors (Lipinski definition) is 0. The first-order chi connectivity index (χ1) is 7.04. The van der Waals surface area contributed by atoms with E-state index in [1.165, 1.54) is 7.11 Å². The predicted octanol–water partition coefficient (Wildman–Crippen LogP) is 2.99. The largest absolute Gasteiger partial charge is 0.478 e. The van der Waals surface area contributed by atoms with E-state index in [0.717, 1.165) is 8.04 Å². The molecule has 0 radical (unpaired) electrons. The van der Waals surface area contributed by atoms with Crippen molar-refractivity contribution in [2.45, 2.75) is 13.0 Å². The summed E-state index contributed by atoms with van der Waals surface area (Å²) in [5.41, 5.74) is 0. The van der Waals surface area contributed by atoms with Crippen LogP contribution >= 0.6 is 38.5 Å². The summed E-state index contributed by atoms with van der Waals surface area (Å²) in [5, 5.41) is 0. The molecule has 0 amide bonds. The summed E-state index contributed by atoms with van der Waals surface area (Å²) in [4.78, 5) is 11.1. The van der Waals surface area contributed by atoms with Gasteiger partial charge < -0.3 is 9.47 Å². The van der Waals surface area contributed by atoms with E-state index in [-0.39, 0.29) is 5.97 Å². The molecule has 0 aliphatic heterocycles. The van der Waals surface area contributed by atoms with E-state index in [0.29, 0.717) is 5.75 Å². The second-order valence-electron chi connectivity index (χ2n) is 2.86. The van der Waals surface area contributed by atoms with Crippen molar-refractivity contribution in [3.63, 3.8) is 0 Å². The predicted molar refractivity (Wildman–Crippen MR) is 69.0 cm³/mol. The number of methoxy groups -OCH3 is 1. The third-order valence-corrected chi connectivity index (χ3v) is 3.07. The van der Waals surface area contributed by atoms with Gasteiger partial charge in [0.2, 0.25) is 0 Å². The van der Waals surface area contributed by atoms with Gasteiger partial charge in [0.25, 0.3) is 0 Å². The minimum absolute atomic E-state index is 0.381. The fourth-order valence-electron chi connectivity index (χ4n) is 0.975. The number of halogens is 2. The van der Waals surface area contributed by atoms with Crippen LogP contribution in [0.4, 0.5) is 0 Å². The van der Waals surface area contributed by atoms with E-state index in [2.05, 4.69) is 43.3 Å². The zero-order valence-corrected chi connectivity index (χ0v) is 12.0. The first-order valence-corrected chi connectivity index (χ1v) is 6.11. The molecule has 1 aromatic carbocycles. The smallest absolute Gasteiger partial charge is 0.346 e. The Morgan fingerprint density at radius 1 is 1.53 bits per heavy atom. The maximum absolute atomic E-state index is 11.1. The summed E-state index contributed by atoms with van der Waals surface area (Å²) >= 11 is 5.50. The highest BCUT2D eigenvalue weighted by Gasteiger charge is 2.15. The Balaban J connectivity index is 2.76. The van der Waals surface area contributed by atoms with E-state index in [1.807, 2.05) is 18.2 Å². The molecule has 0 spiro atoms. The number of rotatable bonds is 3. The third kappa shape index (κ3) is 3.64. The highest BCUT2D eigenvalue weighted by molar-refractivity contribution is 14.1. The summed E-state index contributed by atoms with van der Waals surface area (Å²) in [6.45, 7) is 1.66. The molecule has 1 rings (SSSR count). The molecule has 82 valence electrons. The lowest BCUT2D eigenvalue weighted by Gasteiger charge is -2.13. The minimum Gasteiger partial charge on any atom is -0.478 e. The van der Waals surface area contributed by atoms with E-state index < -0.39 is 6.10 Å². The Kier molecular flexibility index (Phi) is 4.85. The summed E-state index contributed by atoms with van der Waals surface area (Å²) < 4.78 is 11.9. The van der Waals surface area contributed by atoms with Crippen LogP contribution in [0.1, 0.15) is 6.92 Å². The molecule has 0 N–H and O–H groups in total. The fraction of sp³-hybridized carbons (Fsp3) is 0.300. The SMILES string of the molecule is COC(=O)[C@H](C)Oc1ccc(Br)cc1I. The second-order valence-corrected chi connectivity index (χ2v) is 4.94. The molecule has 0 saturated heterocycles. The first kappa shape index (κ1) is 12.8. The van der Waals surface area contributed by atoms with Gasteiger partial charge in [-0.3, -0.25) is 0 Å². The van der Waals surface area contributed by atoms with Gasteiger partial charge in [-0.25, -0.2) is 4.79 Å². The Morgan fingerprint density at radius 3 is 2.73 bits per heavy atom. The monoisotopic (exact) mass is 384 g/mol. The van der Waals surface area contributed by atoms with E-state index in [1.54, 1.807) is 6.92 Å². The first-order valence-electron chi connectivity index (χ1n) is 4.24. The van der Waals surface area contributed by atoms with Gasteiger partial charge >= 0.3 is 5.97 Å². The van der Waals surface area contributed by atoms with Crippen LogP contribution in [0, 0.1) is 3.57 Å². The molecule has 0 aromatic heterocycles. The highest BCUT2D eigenvalue weighted by Crippen LogP contribution is 2.25. The van der Waals surface area contributed by atoms with Crippen LogP contribution in [0.15, 0.2) is 22.7 Å². The number of ether oxygens (including phenoxy) is 2. The van der Waals surface area contributed by atoms with Gasteiger partial charge in [0.05, 0.1) is 10.7 Å². The van der Waals surface area contributed by atoms with Crippen molar-refractivity contribution < 1.29 is 14.3 Å². The minimum atomic E-state index is -0.593. The van der Waals surface area contributed by atoms with Crippen LogP contribution in [0.25, 0.3) is 0 Å². The number of hydrogen-bond acceptors (Lipinski definition) is 3. The molecule has 3 nitrogen and oxygen atoms in total. The lowest BCUT2D eigenvalue weighted by atomic mass is 10.3. The van der Waals surface area contributed by atoms with Crippen LogP contribution < -0.4 is 4.74 Å². The van der Waals surface area contributed by atoms with Crippen molar-refractivity contribution in [3.05, 3.63) is 26.2 Å². The molecule has 15 heavy (non-hydrogen) atoms. The molecule has 0 heterocycles. The normalized spacial score (nSPS) is 12.0. The molecule has 0 aliphatic carbocycles. The quantitative estimate of drug-likeness (QED) is 0.593. The molecule has 1 aromatic rings. The van der Waals surface area contributed by atoms with E-state index >= 15 is 0 Å². The highest BCUT2D eigenvalue weighted by atomic mass is 127. The van der Waals surface area contributed by atoms with Crippen LogP contribution in [-0.4, -0.2) is 19.2 Å². The van der Waals surface area contributed by atoms with Crippen LogP contribution in [-0.2, 0) is 9.53 Å². The fourth-order valence-corrected chi connectivity index (χ4v) is 2.41. The zero-order valence-electron chi connectivity index (χ0n) is 8.29. The molecule has 0 unspecified atom stereocenters. The van der Waals surface area contributed by atoms with E-state index in [9.17, 15) is 4.79 Å². The summed E-state index contributed by atoms with van der Waals surface area (Å²) in [5.74, 6) is 0.297. The van der Waals surface area contributed by atoms with Gasteiger partial charge in [0.15, 0.2) is 6.10 Å². The Bertz CT molecular complexity index is 368. The van der Waals surface area contributed by atoms with Crippen LogP contribution in [0.2, 0.25) is 0 Å². The molecule has 1 atom stereocenters. The van der Waals surface area contributed by atoms with Crippen molar-refractivity contribution >= 4 is 44.5 Å². The molecular weight excluding hydrogens is 375 g/mol. The molecule has 0 saturated carbocycles. The van der Waals surface area contributed by atoms with Gasteiger partial charge in [-0.05, 0) is 47.7 Å². The van der Waals surface area contributed by atoms with Gasteiger partial charge in [0.1, 0.15) is 5.75 Å². The average molecular weight is 385 g/mol. The van der Waals surface area contributed by atoms with Crippen LogP contribution in [0.3, 0.4) is 0 Å². The summed E-state index contributed by atoms with van der Waals surface area (Å²) in [6, 6.07) is 5.59. The third-order valence-electron chi connectivity index (χ3n) is 1.73. The van der Waals surface area contributed by atoms with Crippen molar-refractivity contribution in [1.29, 1.82) is 0 Å². The van der Waals surface area contributed by atoms with Gasteiger partial charge in [-0.15, -0.1) is 0 Å². The molecule has 0 bridgehead atoms. The number of benzene rings is 1. The maximum Gasteiger partial charge on any atom is 0.346 e. The standard InChI is InChI=1S/C10H10BrIO3/c1-6(10(13)14-2)15-9-4-3-7(11)5-8(9)12/h3-6H,1-2H3/t6-/m0/s1. The Hall–Kier alpha value is -0.300. The Labute approximate surface area is 110 Å². The van der Waals surface area contributed by atoms with Gasteiger partial charge in [-0.1, -0.05) is 15.9 Å². The Morgan fingerprint density at radius 2 is 2.20 bits per heavy atom. The van der Waals surface area contributed by atoms with E-state index in [4.69, 9.17) is 4.74 Å². The van der Waals surface area contributed by atoms with Crippen LogP contribution in [0.5, 0.6) is 5.75 Å².